The zero-order chi connectivity index (χ0) is 19.8. The van der Waals surface area contributed by atoms with Gasteiger partial charge < -0.3 is 4.74 Å². The number of nitrogens with zero attached hydrogens (tertiary/aromatic N) is 2. The van der Waals surface area contributed by atoms with Crippen molar-refractivity contribution in [2.75, 3.05) is 5.43 Å². The summed E-state index contributed by atoms with van der Waals surface area (Å²) in [5.74, 6) is 0.700. The maximum absolute atomic E-state index is 12.9. The summed E-state index contributed by atoms with van der Waals surface area (Å²) in [5.41, 5.74) is 4.94. The molecular formula is C21H21FN4O2. The number of anilines is 1. The van der Waals surface area contributed by atoms with Gasteiger partial charge in [0.25, 0.3) is 5.56 Å². The van der Waals surface area contributed by atoms with Crippen LogP contribution in [0.3, 0.4) is 0 Å². The highest BCUT2D eigenvalue weighted by Crippen LogP contribution is 2.14. The summed E-state index contributed by atoms with van der Waals surface area (Å²) in [6, 6.07) is 15.1. The first kappa shape index (κ1) is 19.3. The summed E-state index contributed by atoms with van der Waals surface area (Å²) in [6.07, 6.45) is 3.25. The van der Waals surface area contributed by atoms with Crippen LogP contribution in [0.5, 0.6) is 5.75 Å². The van der Waals surface area contributed by atoms with Crippen molar-refractivity contribution >= 4 is 12.2 Å². The van der Waals surface area contributed by atoms with Crippen LogP contribution in [0.4, 0.5) is 10.3 Å². The van der Waals surface area contributed by atoms with E-state index in [9.17, 15) is 9.18 Å². The van der Waals surface area contributed by atoms with E-state index >= 15 is 0 Å². The van der Waals surface area contributed by atoms with E-state index in [1.807, 2.05) is 31.2 Å². The normalized spacial score (nSPS) is 10.9. The van der Waals surface area contributed by atoms with Crippen LogP contribution in [0, 0.1) is 5.82 Å². The van der Waals surface area contributed by atoms with Gasteiger partial charge in [-0.1, -0.05) is 37.6 Å². The Morgan fingerprint density at radius 1 is 1.21 bits per heavy atom. The number of aromatic nitrogens is 2. The van der Waals surface area contributed by atoms with E-state index in [2.05, 4.69) is 20.5 Å². The Bertz CT molecular complexity index is 1000. The van der Waals surface area contributed by atoms with Crippen LogP contribution in [0.25, 0.3) is 0 Å². The molecule has 6 nitrogen and oxygen atoms in total. The third-order valence-electron chi connectivity index (χ3n) is 3.86. The maximum atomic E-state index is 12.9. The summed E-state index contributed by atoms with van der Waals surface area (Å²) < 4.78 is 18.7. The molecule has 3 aromatic rings. The zero-order valence-corrected chi connectivity index (χ0v) is 15.5. The summed E-state index contributed by atoms with van der Waals surface area (Å²) >= 11 is 0. The van der Waals surface area contributed by atoms with E-state index in [1.165, 1.54) is 18.2 Å². The van der Waals surface area contributed by atoms with Gasteiger partial charge in [-0.3, -0.25) is 9.78 Å². The molecule has 2 aromatic carbocycles. The Morgan fingerprint density at radius 2 is 2.04 bits per heavy atom. The molecule has 0 aliphatic heterocycles. The molecular weight excluding hydrogens is 359 g/mol. The van der Waals surface area contributed by atoms with E-state index in [0.717, 1.165) is 29.7 Å². The highest BCUT2D eigenvalue weighted by atomic mass is 19.1. The Morgan fingerprint density at radius 3 is 2.82 bits per heavy atom. The van der Waals surface area contributed by atoms with Crippen molar-refractivity contribution < 1.29 is 9.13 Å². The lowest BCUT2D eigenvalue weighted by atomic mass is 10.2. The van der Waals surface area contributed by atoms with Gasteiger partial charge in [0.15, 0.2) is 0 Å². The molecule has 0 saturated carbocycles. The Hall–Kier alpha value is -3.48. The predicted octanol–water partition coefficient (Wildman–Crippen LogP) is 3.89. The fraction of sp³-hybridized carbons (Fsp3) is 0.190. The first-order valence-corrected chi connectivity index (χ1v) is 8.99. The van der Waals surface area contributed by atoms with E-state index in [-0.39, 0.29) is 11.4 Å². The van der Waals surface area contributed by atoms with E-state index in [4.69, 9.17) is 4.74 Å². The van der Waals surface area contributed by atoms with Crippen molar-refractivity contribution in [3.8, 4) is 5.75 Å². The van der Waals surface area contributed by atoms with Gasteiger partial charge in [-0.2, -0.15) is 5.10 Å². The van der Waals surface area contributed by atoms with Gasteiger partial charge in [-0.05, 0) is 41.8 Å². The number of H-pyrrole nitrogens is 1. The van der Waals surface area contributed by atoms with Crippen LogP contribution in [-0.4, -0.2) is 16.2 Å². The molecule has 0 atom stereocenters. The minimum atomic E-state index is -0.273. The average molecular weight is 380 g/mol. The zero-order valence-electron chi connectivity index (χ0n) is 15.5. The molecule has 0 fully saturated rings. The highest BCUT2D eigenvalue weighted by Gasteiger charge is 2.00. The number of hydrogen-bond acceptors (Lipinski definition) is 5. The smallest absolute Gasteiger partial charge is 0.252 e. The molecule has 0 bridgehead atoms. The van der Waals surface area contributed by atoms with E-state index in [1.54, 1.807) is 18.3 Å². The Balaban J connectivity index is 1.61. The van der Waals surface area contributed by atoms with Gasteiger partial charge >= 0.3 is 0 Å². The summed E-state index contributed by atoms with van der Waals surface area (Å²) in [6.45, 7) is 2.37. The number of hydrogen-bond donors (Lipinski definition) is 2. The predicted molar refractivity (Wildman–Crippen MR) is 107 cm³/mol. The van der Waals surface area contributed by atoms with Crippen molar-refractivity contribution in [1.29, 1.82) is 0 Å². The Kier molecular flexibility index (Phi) is 6.51. The molecule has 0 spiro atoms. The van der Waals surface area contributed by atoms with Crippen LogP contribution >= 0.6 is 0 Å². The molecule has 7 heteroatoms. The molecule has 0 radical (unpaired) electrons. The van der Waals surface area contributed by atoms with Crippen LogP contribution < -0.4 is 15.7 Å². The first-order chi connectivity index (χ1) is 13.6. The number of rotatable bonds is 8. The van der Waals surface area contributed by atoms with Gasteiger partial charge in [0.1, 0.15) is 18.2 Å². The standard InChI is InChI=1S/C21H21FN4O2/c1-2-4-18-12-20(27)25-21(24-18)26-23-13-16-5-3-6-19(11-16)28-14-15-7-9-17(22)10-8-15/h3,5-13H,2,4,14H2,1H3,(H2,24,25,26,27)/b23-13+. The number of benzene rings is 2. The highest BCUT2D eigenvalue weighted by molar-refractivity contribution is 5.80. The molecule has 0 aliphatic rings. The number of hydrazone groups is 1. The van der Waals surface area contributed by atoms with Crippen molar-refractivity contribution in [2.24, 2.45) is 5.10 Å². The summed E-state index contributed by atoms with van der Waals surface area (Å²) in [7, 11) is 0. The average Bonchev–Trinajstić information content (AvgIpc) is 2.68. The lowest BCUT2D eigenvalue weighted by Crippen LogP contribution is -2.11. The van der Waals surface area contributed by atoms with Crippen LogP contribution in [-0.2, 0) is 13.0 Å². The monoisotopic (exact) mass is 380 g/mol. The second-order valence-electron chi connectivity index (χ2n) is 6.19. The van der Waals surface area contributed by atoms with Gasteiger partial charge in [-0.15, -0.1) is 0 Å². The molecule has 144 valence electrons. The number of aromatic amines is 1. The third-order valence-corrected chi connectivity index (χ3v) is 3.86. The lowest BCUT2D eigenvalue weighted by molar-refractivity contribution is 0.306. The van der Waals surface area contributed by atoms with Gasteiger partial charge in [0, 0.05) is 11.8 Å². The number of aryl methyl sites for hydroxylation is 1. The maximum Gasteiger partial charge on any atom is 0.252 e. The molecule has 0 saturated heterocycles. The molecule has 0 aliphatic carbocycles. The molecule has 1 heterocycles. The minimum absolute atomic E-state index is 0.215. The first-order valence-electron chi connectivity index (χ1n) is 8.99. The van der Waals surface area contributed by atoms with Crippen molar-refractivity contribution in [2.45, 2.75) is 26.4 Å². The molecule has 2 N–H and O–H groups in total. The molecule has 0 amide bonds. The van der Waals surface area contributed by atoms with Crippen LogP contribution in [0.1, 0.15) is 30.2 Å². The third kappa shape index (κ3) is 5.77. The quantitative estimate of drug-likeness (QED) is 0.459. The fourth-order valence-corrected chi connectivity index (χ4v) is 2.54. The summed E-state index contributed by atoms with van der Waals surface area (Å²) in [5, 5.41) is 4.12. The molecule has 0 unspecified atom stereocenters. The van der Waals surface area contributed by atoms with Crippen molar-refractivity contribution in [3.63, 3.8) is 0 Å². The largest absolute Gasteiger partial charge is 0.489 e. The van der Waals surface area contributed by atoms with E-state index < -0.39 is 0 Å². The van der Waals surface area contributed by atoms with Crippen molar-refractivity contribution in [1.82, 2.24) is 9.97 Å². The van der Waals surface area contributed by atoms with Gasteiger partial charge in [0.05, 0.1) is 6.21 Å². The fourth-order valence-electron chi connectivity index (χ4n) is 2.54. The minimum Gasteiger partial charge on any atom is -0.489 e. The lowest BCUT2D eigenvalue weighted by Gasteiger charge is -2.07. The molecule has 3 rings (SSSR count). The van der Waals surface area contributed by atoms with Crippen molar-refractivity contribution in [3.05, 3.63) is 87.6 Å². The number of ether oxygens (including phenoxy) is 1. The van der Waals surface area contributed by atoms with Gasteiger partial charge in [-0.25, -0.2) is 14.8 Å². The van der Waals surface area contributed by atoms with E-state index in [0.29, 0.717) is 18.3 Å². The van der Waals surface area contributed by atoms with Crippen LogP contribution in [0.15, 0.2) is 64.5 Å². The molecule has 1 aromatic heterocycles. The number of nitrogens with one attached hydrogen (secondary N) is 2. The summed E-state index contributed by atoms with van der Waals surface area (Å²) in [4.78, 5) is 18.6. The SMILES string of the molecule is CCCc1cc(=O)[nH]c(N/N=C/c2cccc(OCc3ccc(F)cc3)c2)n1. The molecule has 28 heavy (non-hydrogen) atoms. The second-order valence-corrected chi connectivity index (χ2v) is 6.19. The Labute approximate surface area is 162 Å². The van der Waals surface area contributed by atoms with Crippen LogP contribution in [0.2, 0.25) is 0 Å². The topological polar surface area (TPSA) is 79.4 Å². The van der Waals surface area contributed by atoms with Gasteiger partial charge in [0.2, 0.25) is 5.95 Å². The number of halogens is 1. The second kappa shape index (κ2) is 9.45.